The number of likely N-dealkylation sites (tertiary alicyclic amines) is 1. The van der Waals surface area contributed by atoms with Gasteiger partial charge in [-0.1, -0.05) is 12.1 Å². The van der Waals surface area contributed by atoms with Gasteiger partial charge >= 0.3 is 11.9 Å². The molecule has 6 aromatic rings. The van der Waals surface area contributed by atoms with Crippen LogP contribution < -0.4 is 11.1 Å². The number of piperidine rings is 1. The van der Waals surface area contributed by atoms with Gasteiger partial charge in [-0.05, 0) is 73.0 Å². The topological polar surface area (TPSA) is 222 Å². The highest BCUT2D eigenvalue weighted by Crippen LogP contribution is 2.32. The largest absolute Gasteiger partial charge is 0.478 e. The third-order valence-electron chi connectivity index (χ3n) is 8.24. The van der Waals surface area contributed by atoms with Gasteiger partial charge in [0.25, 0.3) is 0 Å². The smallest absolute Gasteiger partial charge is 0.328 e. The van der Waals surface area contributed by atoms with E-state index >= 15 is 0 Å². The number of aromatic nitrogens is 7. The van der Waals surface area contributed by atoms with E-state index in [0.29, 0.717) is 63.8 Å². The van der Waals surface area contributed by atoms with Crippen LogP contribution in [0, 0.1) is 17.1 Å². The van der Waals surface area contributed by atoms with Crippen LogP contribution >= 0.6 is 0 Å². The number of nitrogen functional groups attached to an aromatic ring is 1. The van der Waals surface area contributed by atoms with Crippen LogP contribution in [-0.4, -0.2) is 80.7 Å². The molecule has 1 aliphatic heterocycles. The molecule has 0 saturated carbocycles. The van der Waals surface area contributed by atoms with Crippen LogP contribution in [0.25, 0.3) is 39.6 Å². The lowest BCUT2D eigenvalue weighted by atomic mass is 10.0. The minimum atomic E-state index is -1.26. The number of nitrogens with zero attached hydrogens (tertiary/aromatic N) is 9. The van der Waals surface area contributed by atoms with Gasteiger partial charge in [-0.2, -0.15) is 5.26 Å². The SMILES string of the molecule is N#Cc1nccc(NC2CCN(Cc3ccc(-n4c(-c5cccnc5N)nc5ccc(-c6ccc(F)cn6)nc54)cc3)CC2)n1.O=C(O)/C=C\C(=O)O. The van der Waals surface area contributed by atoms with E-state index in [1.54, 1.807) is 24.5 Å². The summed E-state index contributed by atoms with van der Waals surface area (Å²) in [5.41, 5.74) is 11.5. The molecule has 0 bridgehead atoms. The molecular formula is C37H32FN11O4. The van der Waals surface area contributed by atoms with Crippen LogP contribution in [0.1, 0.15) is 24.2 Å². The third kappa shape index (κ3) is 8.98. The minimum Gasteiger partial charge on any atom is -0.478 e. The van der Waals surface area contributed by atoms with Gasteiger partial charge in [-0.25, -0.2) is 38.9 Å². The number of benzene rings is 1. The molecule has 0 spiro atoms. The molecular weight excluding hydrogens is 681 g/mol. The molecule has 1 saturated heterocycles. The fourth-order valence-corrected chi connectivity index (χ4v) is 5.75. The van der Waals surface area contributed by atoms with Crippen molar-refractivity contribution in [3.63, 3.8) is 0 Å². The molecule has 5 aromatic heterocycles. The molecule has 0 amide bonds. The normalized spacial score (nSPS) is 13.3. The summed E-state index contributed by atoms with van der Waals surface area (Å²) < 4.78 is 15.5. The van der Waals surface area contributed by atoms with Crippen molar-refractivity contribution in [2.75, 3.05) is 24.1 Å². The number of rotatable bonds is 9. The molecule has 0 radical (unpaired) electrons. The molecule has 0 aliphatic carbocycles. The lowest BCUT2D eigenvalue weighted by Gasteiger charge is -2.32. The Labute approximate surface area is 302 Å². The molecule has 0 unspecified atom stereocenters. The second-order valence-electron chi connectivity index (χ2n) is 11.9. The van der Waals surface area contributed by atoms with Crippen LogP contribution in [0.4, 0.5) is 16.0 Å². The van der Waals surface area contributed by atoms with Gasteiger partial charge in [0.1, 0.15) is 29.0 Å². The molecule has 15 nitrogen and oxygen atoms in total. The monoisotopic (exact) mass is 713 g/mol. The van der Waals surface area contributed by atoms with Crippen molar-refractivity contribution in [2.24, 2.45) is 0 Å². The van der Waals surface area contributed by atoms with E-state index in [2.05, 4.69) is 54.4 Å². The molecule has 16 heteroatoms. The Morgan fingerprint density at radius 2 is 1.64 bits per heavy atom. The number of nitriles is 1. The molecule has 6 heterocycles. The first kappa shape index (κ1) is 35.7. The lowest BCUT2D eigenvalue weighted by molar-refractivity contribution is -0.134. The molecule has 5 N–H and O–H groups in total. The van der Waals surface area contributed by atoms with E-state index in [1.165, 1.54) is 17.8 Å². The first-order valence-corrected chi connectivity index (χ1v) is 16.3. The number of carboxylic acid groups (broad SMARTS) is 2. The molecule has 1 aliphatic rings. The highest BCUT2D eigenvalue weighted by molar-refractivity contribution is 5.89. The summed E-state index contributed by atoms with van der Waals surface area (Å²) in [6.07, 6.45) is 7.49. The zero-order valence-electron chi connectivity index (χ0n) is 28.0. The van der Waals surface area contributed by atoms with Crippen LogP contribution in [0.15, 0.2) is 97.5 Å². The predicted molar refractivity (Wildman–Crippen MR) is 193 cm³/mol. The van der Waals surface area contributed by atoms with Crippen molar-refractivity contribution in [1.82, 2.24) is 39.4 Å². The summed E-state index contributed by atoms with van der Waals surface area (Å²) >= 11 is 0. The van der Waals surface area contributed by atoms with Crippen molar-refractivity contribution in [3.05, 3.63) is 115 Å². The summed E-state index contributed by atoms with van der Waals surface area (Å²) in [6, 6.07) is 22.9. The van der Waals surface area contributed by atoms with E-state index < -0.39 is 17.8 Å². The van der Waals surface area contributed by atoms with E-state index in [4.69, 9.17) is 31.2 Å². The van der Waals surface area contributed by atoms with Gasteiger partial charge in [0, 0.05) is 55.9 Å². The number of hydrogen-bond acceptors (Lipinski definition) is 12. The quantitative estimate of drug-likeness (QED) is 0.149. The number of carboxylic acids is 2. The second-order valence-corrected chi connectivity index (χ2v) is 11.9. The standard InChI is InChI=1S/C33H28FN11.C4H4O4/c34-22-5-8-26(39-19-22)27-9-10-28-33(41-27)45(32(42-28)25-2-1-14-38-31(25)36)24-6-3-21(4-7-24)20-44-16-12-23(13-17-44)40-29-11-15-37-30(18-35)43-29;5-3(6)1-2-4(7)8/h1-11,14-15,19,23H,12-13,16-17,20H2,(H2,36,38)(H,37,40,43);1-2H,(H,5,6)(H,7,8)/b;2-1-. The van der Waals surface area contributed by atoms with Gasteiger partial charge in [-0.15, -0.1) is 0 Å². The summed E-state index contributed by atoms with van der Waals surface area (Å²) in [6.45, 7) is 2.71. The maximum absolute atomic E-state index is 13.5. The highest BCUT2D eigenvalue weighted by Gasteiger charge is 2.21. The number of carbonyl (C=O) groups is 2. The number of nitrogens with one attached hydrogen (secondary N) is 1. The van der Waals surface area contributed by atoms with Crippen LogP contribution in [0.3, 0.4) is 0 Å². The second kappa shape index (κ2) is 16.3. The van der Waals surface area contributed by atoms with Crippen molar-refractivity contribution in [1.29, 1.82) is 5.26 Å². The highest BCUT2D eigenvalue weighted by atomic mass is 19.1. The zero-order valence-corrected chi connectivity index (χ0v) is 28.0. The van der Waals surface area contributed by atoms with E-state index in [1.807, 2.05) is 34.9 Å². The van der Waals surface area contributed by atoms with Gasteiger partial charge in [-0.3, -0.25) is 14.5 Å². The van der Waals surface area contributed by atoms with E-state index in [-0.39, 0.29) is 5.82 Å². The van der Waals surface area contributed by atoms with E-state index in [0.717, 1.165) is 38.2 Å². The summed E-state index contributed by atoms with van der Waals surface area (Å²) in [5.74, 6) is -1.07. The minimum absolute atomic E-state index is 0.168. The van der Waals surface area contributed by atoms with E-state index in [9.17, 15) is 14.0 Å². The Morgan fingerprint density at radius 3 is 2.30 bits per heavy atom. The predicted octanol–water partition coefficient (Wildman–Crippen LogP) is 4.72. The Kier molecular flexibility index (Phi) is 11.0. The van der Waals surface area contributed by atoms with Gasteiger partial charge in [0.2, 0.25) is 5.82 Å². The molecule has 266 valence electrons. The van der Waals surface area contributed by atoms with Crippen molar-refractivity contribution < 1.29 is 24.2 Å². The zero-order chi connectivity index (χ0) is 37.3. The molecule has 1 fully saturated rings. The fraction of sp³-hybridized carbons (Fsp3) is 0.162. The van der Waals surface area contributed by atoms with Crippen LogP contribution in [-0.2, 0) is 16.1 Å². The third-order valence-corrected chi connectivity index (χ3v) is 8.24. The van der Waals surface area contributed by atoms with Crippen molar-refractivity contribution >= 4 is 34.7 Å². The Bertz CT molecular complexity index is 2300. The van der Waals surface area contributed by atoms with Crippen LogP contribution in [0.2, 0.25) is 0 Å². The Balaban J connectivity index is 0.000000541. The first-order chi connectivity index (χ1) is 25.7. The average Bonchev–Trinajstić information content (AvgIpc) is 3.54. The van der Waals surface area contributed by atoms with Gasteiger partial charge in [0.05, 0.1) is 23.1 Å². The number of halogens is 1. The Morgan fingerprint density at radius 1 is 0.906 bits per heavy atom. The number of imidazole rings is 1. The molecule has 7 rings (SSSR count). The number of aliphatic carboxylic acids is 2. The molecule has 53 heavy (non-hydrogen) atoms. The molecule has 1 aromatic carbocycles. The maximum atomic E-state index is 13.5. The van der Waals surface area contributed by atoms with Crippen molar-refractivity contribution in [2.45, 2.75) is 25.4 Å². The summed E-state index contributed by atoms with van der Waals surface area (Å²) in [7, 11) is 0. The van der Waals surface area contributed by atoms with Crippen molar-refractivity contribution in [3.8, 4) is 34.5 Å². The van der Waals surface area contributed by atoms with Crippen LogP contribution in [0.5, 0.6) is 0 Å². The number of fused-ring (bicyclic) bond motifs is 1. The molecule has 0 atom stereocenters. The lowest BCUT2D eigenvalue weighted by Crippen LogP contribution is -2.38. The number of anilines is 2. The summed E-state index contributed by atoms with van der Waals surface area (Å²) in [5, 5.41) is 28.1. The number of nitrogens with two attached hydrogens (primary N) is 1. The average molecular weight is 714 g/mol. The fourth-order valence-electron chi connectivity index (χ4n) is 5.75. The number of hydrogen-bond donors (Lipinski definition) is 4. The van der Waals surface area contributed by atoms with Gasteiger partial charge in [0.15, 0.2) is 11.5 Å². The summed E-state index contributed by atoms with van der Waals surface area (Å²) in [4.78, 5) is 48.0. The maximum Gasteiger partial charge on any atom is 0.328 e. The van der Waals surface area contributed by atoms with Gasteiger partial charge < -0.3 is 21.3 Å². The Hall–Kier alpha value is -7.12. The first-order valence-electron chi connectivity index (χ1n) is 16.3. The number of pyridine rings is 3.